The number of carbonyl (C=O) groups is 1. The Kier molecular flexibility index (Phi) is 5.82. The monoisotopic (exact) mass is 387 g/mol. The van der Waals surface area contributed by atoms with Crippen LogP contribution in [0.1, 0.15) is 28.8 Å². The lowest BCUT2D eigenvalue weighted by molar-refractivity contribution is 0.0950. The molecule has 0 aromatic heterocycles. The van der Waals surface area contributed by atoms with Gasteiger partial charge in [-0.05, 0) is 48.7 Å². The smallest absolute Gasteiger partial charge is 0.251 e. The lowest BCUT2D eigenvalue weighted by Crippen LogP contribution is -2.28. The van der Waals surface area contributed by atoms with Gasteiger partial charge in [-0.15, -0.1) is 0 Å². The standard InChI is InChI=1S/C20H25N3O3S/c1-22(2)18-10-8-16(9-11-18)15-21-20(24)17-6-5-7-19(14-17)27(25,26)23-12-3-4-13-23/h5-11,14H,3-4,12-13,15H2,1-2H3,(H,21,24). The summed E-state index contributed by atoms with van der Waals surface area (Å²) in [7, 11) is 0.418. The molecule has 0 spiro atoms. The number of hydrogen-bond acceptors (Lipinski definition) is 4. The molecule has 1 N–H and O–H groups in total. The summed E-state index contributed by atoms with van der Waals surface area (Å²) in [5, 5.41) is 2.85. The molecule has 0 radical (unpaired) electrons. The number of carbonyl (C=O) groups excluding carboxylic acids is 1. The van der Waals surface area contributed by atoms with E-state index in [9.17, 15) is 13.2 Å². The van der Waals surface area contributed by atoms with Crippen molar-refractivity contribution in [1.82, 2.24) is 9.62 Å². The van der Waals surface area contributed by atoms with Gasteiger partial charge < -0.3 is 10.2 Å². The lowest BCUT2D eigenvalue weighted by atomic mass is 10.1. The van der Waals surface area contributed by atoms with Gasteiger partial charge in [0.2, 0.25) is 10.0 Å². The number of amides is 1. The van der Waals surface area contributed by atoms with E-state index < -0.39 is 10.0 Å². The molecule has 0 atom stereocenters. The highest BCUT2D eigenvalue weighted by Crippen LogP contribution is 2.21. The molecule has 6 nitrogen and oxygen atoms in total. The molecule has 2 aromatic rings. The third-order valence-corrected chi connectivity index (χ3v) is 6.60. The van der Waals surface area contributed by atoms with Crippen molar-refractivity contribution in [2.45, 2.75) is 24.3 Å². The van der Waals surface area contributed by atoms with E-state index in [0.717, 1.165) is 24.1 Å². The first-order chi connectivity index (χ1) is 12.9. The van der Waals surface area contributed by atoms with E-state index in [0.29, 0.717) is 25.2 Å². The zero-order chi connectivity index (χ0) is 19.4. The van der Waals surface area contributed by atoms with Crippen molar-refractivity contribution < 1.29 is 13.2 Å². The normalized spacial score (nSPS) is 14.9. The van der Waals surface area contributed by atoms with Gasteiger partial charge >= 0.3 is 0 Å². The Morgan fingerprint density at radius 3 is 2.37 bits per heavy atom. The fourth-order valence-electron chi connectivity index (χ4n) is 3.07. The second-order valence-corrected chi connectivity index (χ2v) is 8.82. The van der Waals surface area contributed by atoms with Gasteiger partial charge in [0.1, 0.15) is 0 Å². The highest BCUT2D eigenvalue weighted by Gasteiger charge is 2.27. The second-order valence-electron chi connectivity index (χ2n) is 6.88. The molecule has 1 fully saturated rings. The molecule has 1 amide bonds. The van der Waals surface area contributed by atoms with E-state index in [2.05, 4.69) is 5.32 Å². The van der Waals surface area contributed by atoms with Gasteiger partial charge in [-0.2, -0.15) is 4.31 Å². The van der Waals surface area contributed by atoms with Gasteiger partial charge in [0.25, 0.3) is 5.91 Å². The molecule has 27 heavy (non-hydrogen) atoms. The Hall–Kier alpha value is -2.38. The molecule has 0 bridgehead atoms. The van der Waals surface area contributed by atoms with Crippen LogP contribution < -0.4 is 10.2 Å². The van der Waals surface area contributed by atoms with Crippen LogP contribution in [0.15, 0.2) is 53.4 Å². The third-order valence-electron chi connectivity index (χ3n) is 4.70. The number of nitrogens with one attached hydrogen (secondary N) is 1. The maximum atomic E-state index is 12.7. The summed E-state index contributed by atoms with van der Waals surface area (Å²) in [6.45, 7) is 1.47. The number of rotatable bonds is 6. The molecule has 1 heterocycles. The van der Waals surface area contributed by atoms with Crippen molar-refractivity contribution in [3.8, 4) is 0 Å². The first-order valence-corrected chi connectivity index (χ1v) is 10.5. The topological polar surface area (TPSA) is 69.7 Å². The summed E-state index contributed by atoms with van der Waals surface area (Å²) in [5.74, 6) is -0.287. The molecule has 1 saturated heterocycles. The van der Waals surface area contributed by atoms with E-state index in [-0.39, 0.29) is 10.8 Å². The number of nitrogens with zero attached hydrogens (tertiary/aromatic N) is 2. The third kappa shape index (κ3) is 4.48. The van der Waals surface area contributed by atoms with Crippen molar-refractivity contribution >= 4 is 21.6 Å². The summed E-state index contributed by atoms with van der Waals surface area (Å²) >= 11 is 0. The molecule has 0 unspecified atom stereocenters. The van der Waals surface area contributed by atoms with Gasteiger partial charge in [0.05, 0.1) is 4.90 Å². The van der Waals surface area contributed by atoms with Gasteiger partial charge in [0, 0.05) is 45.0 Å². The van der Waals surface area contributed by atoms with E-state index in [1.165, 1.54) is 10.4 Å². The number of anilines is 1. The Morgan fingerprint density at radius 1 is 1.07 bits per heavy atom. The molecule has 3 rings (SSSR count). The quantitative estimate of drug-likeness (QED) is 0.827. The summed E-state index contributed by atoms with van der Waals surface area (Å²) in [6, 6.07) is 14.2. The van der Waals surface area contributed by atoms with Gasteiger partial charge in [-0.3, -0.25) is 4.79 Å². The average molecular weight is 388 g/mol. The molecule has 0 saturated carbocycles. The fourth-order valence-corrected chi connectivity index (χ4v) is 4.64. The molecular formula is C20H25N3O3S. The van der Waals surface area contributed by atoms with Crippen LogP contribution in [0, 0.1) is 0 Å². The van der Waals surface area contributed by atoms with Crippen LogP contribution in [-0.2, 0) is 16.6 Å². The SMILES string of the molecule is CN(C)c1ccc(CNC(=O)c2cccc(S(=O)(=O)N3CCCC3)c2)cc1. The molecule has 0 aliphatic carbocycles. The van der Waals surface area contributed by atoms with Crippen LogP contribution in [-0.4, -0.2) is 45.8 Å². The molecule has 144 valence electrons. The van der Waals surface area contributed by atoms with Crippen molar-refractivity contribution in [2.75, 3.05) is 32.1 Å². The van der Waals surface area contributed by atoms with Crippen molar-refractivity contribution in [3.63, 3.8) is 0 Å². The van der Waals surface area contributed by atoms with Crippen molar-refractivity contribution in [1.29, 1.82) is 0 Å². The number of hydrogen-bond donors (Lipinski definition) is 1. The molecular weight excluding hydrogens is 362 g/mol. The van der Waals surface area contributed by atoms with Crippen LogP contribution in [0.5, 0.6) is 0 Å². The van der Waals surface area contributed by atoms with Crippen LogP contribution >= 0.6 is 0 Å². The van der Waals surface area contributed by atoms with Crippen molar-refractivity contribution in [3.05, 3.63) is 59.7 Å². The highest BCUT2D eigenvalue weighted by atomic mass is 32.2. The van der Waals surface area contributed by atoms with E-state index in [1.54, 1.807) is 18.2 Å². The summed E-state index contributed by atoms with van der Waals surface area (Å²) in [6.07, 6.45) is 1.76. The Labute approximate surface area is 160 Å². The van der Waals surface area contributed by atoms with Gasteiger partial charge in [-0.25, -0.2) is 8.42 Å². The predicted octanol–water partition coefficient (Wildman–Crippen LogP) is 2.47. The first kappa shape index (κ1) is 19.4. The Bertz CT molecular complexity index is 902. The largest absolute Gasteiger partial charge is 0.378 e. The molecule has 1 aliphatic heterocycles. The first-order valence-electron chi connectivity index (χ1n) is 9.02. The average Bonchev–Trinajstić information content (AvgIpc) is 3.22. The van der Waals surface area contributed by atoms with Gasteiger partial charge in [0.15, 0.2) is 0 Å². The van der Waals surface area contributed by atoms with E-state index in [1.807, 2.05) is 43.3 Å². The second kappa shape index (κ2) is 8.10. The van der Waals surface area contributed by atoms with Crippen LogP contribution in [0.4, 0.5) is 5.69 Å². The van der Waals surface area contributed by atoms with E-state index >= 15 is 0 Å². The predicted molar refractivity (Wildman–Crippen MR) is 106 cm³/mol. The molecule has 1 aliphatic rings. The van der Waals surface area contributed by atoms with Crippen LogP contribution in [0.3, 0.4) is 0 Å². The minimum atomic E-state index is -3.53. The number of benzene rings is 2. The maximum Gasteiger partial charge on any atom is 0.251 e. The molecule has 7 heteroatoms. The summed E-state index contributed by atoms with van der Waals surface area (Å²) < 4.78 is 26.8. The van der Waals surface area contributed by atoms with Gasteiger partial charge in [-0.1, -0.05) is 18.2 Å². The highest BCUT2D eigenvalue weighted by molar-refractivity contribution is 7.89. The Balaban J connectivity index is 1.68. The fraction of sp³-hybridized carbons (Fsp3) is 0.350. The minimum Gasteiger partial charge on any atom is -0.378 e. The summed E-state index contributed by atoms with van der Waals surface area (Å²) in [5.41, 5.74) is 2.42. The lowest BCUT2D eigenvalue weighted by Gasteiger charge is -2.16. The maximum absolute atomic E-state index is 12.7. The van der Waals surface area contributed by atoms with Crippen molar-refractivity contribution in [2.24, 2.45) is 0 Å². The zero-order valence-electron chi connectivity index (χ0n) is 15.7. The van der Waals surface area contributed by atoms with Crippen LogP contribution in [0.25, 0.3) is 0 Å². The number of sulfonamides is 1. The minimum absolute atomic E-state index is 0.174. The summed E-state index contributed by atoms with van der Waals surface area (Å²) in [4.78, 5) is 14.6. The zero-order valence-corrected chi connectivity index (χ0v) is 16.5. The van der Waals surface area contributed by atoms with Crippen LogP contribution in [0.2, 0.25) is 0 Å². The Morgan fingerprint density at radius 2 is 1.74 bits per heavy atom. The molecule has 2 aromatic carbocycles. The van der Waals surface area contributed by atoms with E-state index in [4.69, 9.17) is 0 Å².